The molecule has 2 nitrogen and oxygen atoms in total. The normalized spacial score (nSPS) is 10.1. The van der Waals surface area contributed by atoms with Crippen molar-refractivity contribution in [1.82, 2.24) is 0 Å². The first-order valence-corrected chi connectivity index (χ1v) is 5.84. The van der Waals surface area contributed by atoms with E-state index in [9.17, 15) is 8.78 Å². The lowest BCUT2D eigenvalue weighted by molar-refractivity contribution is 0.542. The van der Waals surface area contributed by atoms with Gasteiger partial charge in [-0.2, -0.15) is 5.26 Å². The van der Waals surface area contributed by atoms with Gasteiger partial charge in [-0.25, -0.2) is 8.78 Å². The third kappa shape index (κ3) is 2.60. The van der Waals surface area contributed by atoms with Crippen LogP contribution in [0, 0.1) is 23.0 Å². The fraction of sp³-hybridized carbons (Fsp3) is 0. The Bertz CT molecular complexity index is 595. The molecule has 0 radical (unpaired) electrons. The molecule has 5 heteroatoms. The Balaban J connectivity index is 2.31. The summed E-state index contributed by atoms with van der Waals surface area (Å²) in [4.78, 5) is 0.547. The van der Waals surface area contributed by atoms with Crippen molar-refractivity contribution in [2.45, 2.75) is 9.79 Å². The number of hydrogen-bond donors (Lipinski definition) is 1. The maximum Gasteiger partial charge on any atom is 0.142 e. The molecule has 2 aromatic rings. The Morgan fingerprint density at radius 2 is 1.61 bits per heavy atom. The van der Waals surface area contributed by atoms with Crippen LogP contribution in [-0.4, -0.2) is 0 Å². The van der Waals surface area contributed by atoms with Gasteiger partial charge < -0.3 is 5.73 Å². The van der Waals surface area contributed by atoms with Gasteiger partial charge in [-0.05, 0) is 36.4 Å². The molecule has 0 aliphatic heterocycles. The van der Waals surface area contributed by atoms with Gasteiger partial charge in [-0.1, -0.05) is 11.8 Å². The van der Waals surface area contributed by atoms with Crippen LogP contribution in [0.5, 0.6) is 0 Å². The summed E-state index contributed by atoms with van der Waals surface area (Å²) < 4.78 is 27.1. The molecule has 0 unspecified atom stereocenters. The highest BCUT2D eigenvalue weighted by Gasteiger charge is 2.11. The summed E-state index contributed by atoms with van der Waals surface area (Å²) in [6, 6.07) is 10.6. The number of nitrogen functional groups attached to an aromatic ring is 1. The average molecular weight is 262 g/mol. The fourth-order valence-electron chi connectivity index (χ4n) is 1.39. The molecule has 0 bridgehead atoms. The molecule has 0 heterocycles. The second-order valence-corrected chi connectivity index (χ2v) is 4.64. The molecular formula is C13H8F2N2S. The minimum Gasteiger partial charge on any atom is -0.399 e. The molecule has 2 rings (SSSR count). The molecule has 0 spiro atoms. The van der Waals surface area contributed by atoms with Crippen molar-refractivity contribution >= 4 is 17.4 Å². The van der Waals surface area contributed by atoms with Crippen LogP contribution in [0.25, 0.3) is 0 Å². The van der Waals surface area contributed by atoms with Crippen molar-refractivity contribution in [2.24, 2.45) is 0 Å². The molecule has 2 N–H and O–H groups in total. The third-order valence-electron chi connectivity index (χ3n) is 2.22. The fourth-order valence-corrected chi connectivity index (χ4v) is 2.21. The molecule has 0 atom stereocenters. The van der Waals surface area contributed by atoms with Gasteiger partial charge in [0.15, 0.2) is 0 Å². The molecule has 90 valence electrons. The topological polar surface area (TPSA) is 49.8 Å². The number of rotatable bonds is 2. The number of nitrogens with zero attached hydrogens (tertiary/aromatic N) is 1. The Morgan fingerprint density at radius 3 is 2.11 bits per heavy atom. The summed E-state index contributed by atoms with van der Waals surface area (Å²) in [6.45, 7) is 0. The Morgan fingerprint density at radius 1 is 1.06 bits per heavy atom. The van der Waals surface area contributed by atoms with Crippen molar-refractivity contribution in [1.29, 1.82) is 5.26 Å². The van der Waals surface area contributed by atoms with Gasteiger partial charge in [-0.3, -0.25) is 0 Å². The van der Waals surface area contributed by atoms with E-state index < -0.39 is 11.6 Å². The van der Waals surface area contributed by atoms with Crippen LogP contribution >= 0.6 is 11.8 Å². The predicted molar refractivity (Wildman–Crippen MR) is 66.1 cm³/mol. The molecule has 0 aliphatic carbocycles. The van der Waals surface area contributed by atoms with E-state index >= 15 is 0 Å². The summed E-state index contributed by atoms with van der Waals surface area (Å²) in [7, 11) is 0. The number of halogens is 2. The van der Waals surface area contributed by atoms with E-state index in [-0.39, 0.29) is 10.6 Å². The summed E-state index contributed by atoms with van der Waals surface area (Å²) in [6.07, 6.45) is 0. The third-order valence-corrected chi connectivity index (χ3v) is 3.33. The molecule has 0 saturated heterocycles. The number of benzene rings is 2. The van der Waals surface area contributed by atoms with Crippen LogP contribution in [0.3, 0.4) is 0 Å². The van der Waals surface area contributed by atoms with Crippen molar-refractivity contribution in [3.05, 3.63) is 53.6 Å². The highest BCUT2D eigenvalue weighted by molar-refractivity contribution is 7.99. The van der Waals surface area contributed by atoms with E-state index in [1.807, 2.05) is 6.07 Å². The van der Waals surface area contributed by atoms with Gasteiger partial charge in [0.25, 0.3) is 0 Å². The van der Waals surface area contributed by atoms with E-state index in [1.54, 1.807) is 24.3 Å². The Labute approximate surface area is 107 Å². The van der Waals surface area contributed by atoms with Crippen LogP contribution < -0.4 is 5.73 Å². The molecule has 2 aromatic carbocycles. The lowest BCUT2D eigenvalue weighted by Gasteiger charge is -2.06. The highest BCUT2D eigenvalue weighted by Crippen LogP contribution is 2.33. The Kier molecular flexibility index (Phi) is 3.49. The van der Waals surface area contributed by atoms with Gasteiger partial charge in [0.05, 0.1) is 16.5 Å². The molecule has 0 aromatic heterocycles. The van der Waals surface area contributed by atoms with Crippen LogP contribution in [-0.2, 0) is 0 Å². The number of anilines is 1. The van der Waals surface area contributed by atoms with Crippen LogP contribution in [0.4, 0.5) is 14.5 Å². The molecule has 0 amide bonds. The zero-order valence-corrected chi connectivity index (χ0v) is 9.97. The second kappa shape index (κ2) is 5.07. The zero-order valence-electron chi connectivity index (χ0n) is 9.15. The summed E-state index contributed by atoms with van der Waals surface area (Å²) in [5, 5.41) is 8.65. The molecule has 0 saturated carbocycles. The van der Waals surface area contributed by atoms with Crippen LogP contribution in [0.2, 0.25) is 0 Å². The van der Waals surface area contributed by atoms with Crippen molar-refractivity contribution in [3.63, 3.8) is 0 Å². The first-order valence-electron chi connectivity index (χ1n) is 5.02. The largest absolute Gasteiger partial charge is 0.399 e. The predicted octanol–water partition coefficient (Wildman–Crippen LogP) is 3.57. The molecule has 0 fully saturated rings. The van der Waals surface area contributed by atoms with Gasteiger partial charge in [-0.15, -0.1) is 0 Å². The minimum atomic E-state index is -0.693. The Hall–Kier alpha value is -2.06. The number of nitrogens with two attached hydrogens (primary N) is 1. The quantitative estimate of drug-likeness (QED) is 0.842. The average Bonchev–Trinajstić information content (AvgIpc) is 2.34. The lowest BCUT2D eigenvalue weighted by atomic mass is 10.2. The smallest absolute Gasteiger partial charge is 0.142 e. The first-order chi connectivity index (χ1) is 8.60. The van der Waals surface area contributed by atoms with Crippen molar-refractivity contribution < 1.29 is 8.78 Å². The molecule has 18 heavy (non-hydrogen) atoms. The molecular weight excluding hydrogens is 254 g/mol. The maximum atomic E-state index is 13.5. The summed E-state index contributed by atoms with van der Waals surface area (Å²) in [5.41, 5.74) is 5.88. The van der Waals surface area contributed by atoms with Gasteiger partial charge in [0.2, 0.25) is 0 Å². The summed E-state index contributed by atoms with van der Waals surface area (Å²) in [5.74, 6) is -1.39. The van der Waals surface area contributed by atoms with E-state index in [2.05, 4.69) is 0 Å². The SMILES string of the molecule is N#Cc1ccc(Sc2c(F)cc(N)cc2F)cc1. The van der Waals surface area contributed by atoms with Gasteiger partial charge >= 0.3 is 0 Å². The van der Waals surface area contributed by atoms with E-state index in [4.69, 9.17) is 11.0 Å². The maximum absolute atomic E-state index is 13.5. The van der Waals surface area contributed by atoms with Gasteiger partial charge in [0, 0.05) is 10.6 Å². The van der Waals surface area contributed by atoms with Crippen LogP contribution in [0.1, 0.15) is 5.56 Å². The number of hydrogen-bond acceptors (Lipinski definition) is 3. The zero-order chi connectivity index (χ0) is 13.1. The first kappa shape index (κ1) is 12.4. The minimum absolute atomic E-state index is 0.0502. The summed E-state index contributed by atoms with van der Waals surface area (Å²) >= 11 is 0.954. The van der Waals surface area contributed by atoms with Gasteiger partial charge in [0.1, 0.15) is 11.6 Å². The second-order valence-electron chi connectivity index (χ2n) is 3.55. The van der Waals surface area contributed by atoms with Crippen molar-refractivity contribution in [3.8, 4) is 6.07 Å². The van der Waals surface area contributed by atoms with E-state index in [0.717, 1.165) is 23.9 Å². The number of nitriles is 1. The van der Waals surface area contributed by atoms with Crippen LogP contribution in [0.15, 0.2) is 46.2 Å². The molecule has 0 aliphatic rings. The van der Waals surface area contributed by atoms with E-state index in [1.165, 1.54) is 0 Å². The highest BCUT2D eigenvalue weighted by atomic mass is 32.2. The monoisotopic (exact) mass is 262 g/mol. The van der Waals surface area contributed by atoms with E-state index in [0.29, 0.717) is 10.5 Å². The van der Waals surface area contributed by atoms with Crippen molar-refractivity contribution in [2.75, 3.05) is 5.73 Å². The standard InChI is InChI=1S/C13H8F2N2S/c14-11-5-9(17)6-12(15)13(11)18-10-3-1-8(7-16)2-4-10/h1-6H,17H2. The lowest BCUT2D eigenvalue weighted by Crippen LogP contribution is -1.93.